The standard InChI is InChI=1S/C25H33ClN2O2/c1-23(2,3)30-22(29)28-8-4-5-19(14-28)27-21-7-6-15(11-20(21)26)24-12-17-9-16-10-18(13-24)25(16,17)24/h6-7,11,16-19,27H,4-5,8-10,12-14H2,1-3H3. The third-order valence-corrected chi connectivity index (χ3v) is 9.45. The van der Waals surface area contributed by atoms with Gasteiger partial charge in [-0.25, -0.2) is 4.79 Å². The molecule has 1 aromatic rings. The van der Waals surface area contributed by atoms with Crippen molar-refractivity contribution in [3.8, 4) is 0 Å². The minimum absolute atomic E-state index is 0.204. The normalized spacial score (nSPS) is 40.6. The lowest BCUT2D eigenvalue weighted by atomic mass is 9.12. The van der Waals surface area contributed by atoms with Gasteiger partial charge in [-0.15, -0.1) is 0 Å². The molecule has 1 saturated heterocycles. The highest BCUT2D eigenvalue weighted by Crippen LogP contribution is 2.92. The second-order valence-electron chi connectivity index (χ2n) is 11.6. The lowest BCUT2D eigenvalue weighted by Crippen LogP contribution is -2.87. The van der Waals surface area contributed by atoms with Crippen LogP contribution in [-0.4, -0.2) is 35.7 Å². The molecule has 1 amide bonds. The van der Waals surface area contributed by atoms with Crippen molar-refractivity contribution >= 4 is 23.4 Å². The first-order valence-electron chi connectivity index (χ1n) is 11.8. The summed E-state index contributed by atoms with van der Waals surface area (Å²) in [5, 5.41) is 4.44. The lowest BCUT2D eigenvalue weighted by Gasteiger charge is -2.91. The van der Waals surface area contributed by atoms with E-state index in [1.807, 2.05) is 25.7 Å². The quantitative estimate of drug-likeness (QED) is 0.657. The first-order chi connectivity index (χ1) is 14.2. The van der Waals surface area contributed by atoms with Gasteiger partial charge in [0, 0.05) is 24.5 Å². The number of amides is 1. The van der Waals surface area contributed by atoms with Crippen molar-refractivity contribution < 1.29 is 9.53 Å². The number of likely N-dealkylation sites (tertiary alicyclic amines) is 1. The molecule has 1 spiro atoms. The smallest absolute Gasteiger partial charge is 0.410 e. The van der Waals surface area contributed by atoms with Gasteiger partial charge in [0.2, 0.25) is 0 Å². The number of ether oxygens (including phenoxy) is 1. The van der Waals surface area contributed by atoms with E-state index in [0.717, 1.165) is 47.9 Å². The Kier molecular flexibility index (Phi) is 3.91. The SMILES string of the molecule is CC(C)(C)OC(=O)N1CCCC(Nc2ccc(C34CC5CC6CC(C3)C654)cc2Cl)C1. The van der Waals surface area contributed by atoms with E-state index < -0.39 is 5.60 Å². The highest BCUT2D eigenvalue weighted by atomic mass is 35.5. The molecule has 4 saturated carbocycles. The molecule has 0 radical (unpaired) electrons. The Morgan fingerprint density at radius 1 is 1.20 bits per heavy atom. The van der Waals surface area contributed by atoms with Crippen LogP contribution in [-0.2, 0) is 10.2 Å². The maximum Gasteiger partial charge on any atom is 0.410 e. The average molecular weight is 429 g/mol. The number of hydrogen-bond acceptors (Lipinski definition) is 3. The molecule has 3 atom stereocenters. The van der Waals surface area contributed by atoms with Crippen LogP contribution < -0.4 is 5.32 Å². The van der Waals surface area contributed by atoms with E-state index in [-0.39, 0.29) is 12.1 Å². The van der Waals surface area contributed by atoms with Crippen LogP contribution in [0.25, 0.3) is 0 Å². The van der Waals surface area contributed by atoms with Gasteiger partial charge >= 0.3 is 6.09 Å². The predicted octanol–water partition coefficient (Wildman–Crippen LogP) is 5.84. The molecular formula is C25H33ClN2O2. The van der Waals surface area contributed by atoms with Crippen molar-refractivity contribution in [3.05, 3.63) is 28.8 Å². The fraction of sp³-hybridized carbons (Fsp3) is 0.720. The van der Waals surface area contributed by atoms with E-state index >= 15 is 0 Å². The van der Waals surface area contributed by atoms with Gasteiger partial charge in [-0.2, -0.15) is 0 Å². The number of carbonyl (C=O) groups is 1. The zero-order valence-corrected chi connectivity index (χ0v) is 19.1. The molecular weight excluding hydrogens is 396 g/mol. The summed E-state index contributed by atoms with van der Waals surface area (Å²) in [7, 11) is 0. The summed E-state index contributed by atoms with van der Waals surface area (Å²) in [4.78, 5) is 14.3. The van der Waals surface area contributed by atoms with E-state index in [2.05, 4.69) is 23.5 Å². The molecule has 4 nitrogen and oxygen atoms in total. The molecule has 6 rings (SSSR count). The summed E-state index contributed by atoms with van der Waals surface area (Å²) < 4.78 is 5.56. The predicted molar refractivity (Wildman–Crippen MR) is 119 cm³/mol. The van der Waals surface area contributed by atoms with E-state index in [1.165, 1.54) is 31.2 Å². The van der Waals surface area contributed by atoms with Gasteiger partial charge in [-0.3, -0.25) is 0 Å². The monoisotopic (exact) mass is 428 g/mol. The summed E-state index contributed by atoms with van der Waals surface area (Å²) in [6, 6.07) is 6.96. The first-order valence-corrected chi connectivity index (χ1v) is 12.2. The van der Waals surface area contributed by atoms with E-state index in [4.69, 9.17) is 16.3 Å². The highest BCUT2D eigenvalue weighted by Gasteiger charge is 2.87. The summed E-state index contributed by atoms with van der Waals surface area (Å²) in [6.07, 6.45) is 7.54. The average Bonchev–Trinajstić information content (AvgIpc) is 2.60. The van der Waals surface area contributed by atoms with Gasteiger partial charge in [-0.1, -0.05) is 17.7 Å². The number of nitrogens with one attached hydrogen (secondary N) is 1. The van der Waals surface area contributed by atoms with Crippen molar-refractivity contribution in [3.63, 3.8) is 0 Å². The number of halogens is 1. The van der Waals surface area contributed by atoms with Crippen LogP contribution in [0, 0.1) is 23.2 Å². The number of nitrogens with zero attached hydrogens (tertiary/aromatic N) is 1. The first kappa shape index (κ1) is 19.3. The zero-order valence-electron chi connectivity index (χ0n) is 18.3. The Bertz CT molecular complexity index is 881. The minimum atomic E-state index is -0.462. The third kappa shape index (κ3) is 2.37. The Balaban J connectivity index is 1.14. The number of benzene rings is 1. The largest absolute Gasteiger partial charge is 0.444 e. The molecule has 1 aliphatic heterocycles. The van der Waals surface area contributed by atoms with Gasteiger partial charge in [0.25, 0.3) is 0 Å². The minimum Gasteiger partial charge on any atom is -0.444 e. The van der Waals surface area contributed by atoms with Crippen molar-refractivity contribution in [1.29, 1.82) is 0 Å². The molecule has 0 bridgehead atoms. The van der Waals surface area contributed by atoms with Crippen LogP contribution in [0.3, 0.4) is 0 Å². The van der Waals surface area contributed by atoms with Crippen molar-refractivity contribution in [2.24, 2.45) is 23.2 Å². The number of anilines is 1. The Morgan fingerprint density at radius 2 is 1.93 bits per heavy atom. The zero-order chi connectivity index (χ0) is 20.9. The Labute approximate surface area is 184 Å². The van der Waals surface area contributed by atoms with Gasteiger partial charge in [-0.05, 0) is 100 Å². The van der Waals surface area contributed by atoms with Crippen molar-refractivity contribution in [2.75, 3.05) is 18.4 Å². The summed E-state index contributed by atoms with van der Waals surface area (Å²) in [5.74, 6) is 3.02. The Hall–Kier alpha value is -1.42. The molecule has 3 unspecified atom stereocenters. The van der Waals surface area contributed by atoms with Crippen LogP contribution >= 0.6 is 11.6 Å². The molecule has 1 heterocycles. The van der Waals surface area contributed by atoms with Crippen LogP contribution in [0.2, 0.25) is 5.02 Å². The van der Waals surface area contributed by atoms with Crippen LogP contribution in [0.1, 0.15) is 64.9 Å². The van der Waals surface area contributed by atoms with Gasteiger partial charge in [0.05, 0.1) is 10.7 Å². The number of rotatable bonds is 3. The topological polar surface area (TPSA) is 41.6 Å². The number of carbonyl (C=O) groups excluding carboxylic acids is 1. The van der Waals surface area contributed by atoms with Gasteiger partial charge < -0.3 is 15.0 Å². The third-order valence-electron chi connectivity index (χ3n) is 9.14. The Morgan fingerprint density at radius 3 is 2.53 bits per heavy atom. The molecule has 5 heteroatoms. The number of hydrogen-bond donors (Lipinski definition) is 1. The maximum atomic E-state index is 12.5. The van der Waals surface area contributed by atoms with E-state index in [0.29, 0.717) is 17.4 Å². The van der Waals surface area contributed by atoms with Crippen molar-refractivity contribution in [1.82, 2.24) is 4.90 Å². The summed E-state index contributed by atoms with van der Waals surface area (Å²) in [5.41, 5.74) is 3.15. The summed E-state index contributed by atoms with van der Waals surface area (Å²) >= 11 is 6.77. The molecule has 1 aromatic carbocycles. The fourth-order valence-corrected chi connectivity index (χ4v) is 8.39. The lowest BCUT2D eigenvalue weighted by molar-refractivity contribution is -0.395. The molecule has 5 fully saturated rings. The highest BCUT2D eigenvalue weighted by molar-refractivity contribution is 6.33. The van der Waals surface area contributed by atoms with Gasteiger partial charge in [0.15, 0.2) is 0 Å². The van der Waals surface area contributed by atoms with E-state index in [9.17, 15) is 4.79 Å². The van der Waals surface area contributed by atoms with Crippen LogP contribution in [0.4, 0.5) is 10.5 Å². The molecule has 1 N–H and O–H groups in total. The molecule has 162 valence electrons. The molecule has 30 heavy (non-hydrogen) atoms. The van der Waals surface area contributed by atoms with Crippen molar-refractivity contribution in [2.45, 2.75) is 76.4 Å². The second kappa shape index (κ2) is 6.09. The molecule has 5 aliphatic rings. The van der Waals surface area contributed by atoms with Crippen LogP contribution in [0.15, 0.2) is 18.2 Å². The summed E-state index contributed by atoms with van der Waals surface area (Å²) in [6.45, 7) is 7.15. The fourth-order valence-electron chi connectivity index (χ4n) is 8.16. The molecule has 4 aliphatic carbocycles. The maximum absolute atomic E-state index is 12.5. The van der Waals surface area contributed by atoms with Gasteiger partial charge in [0.1, 0.15) is 5.60 Å². The number of piperidine rings is 1. The van der Waals surface area contributed by atoms with E-state index in [1.54, 1.807) is 0 Å². The molecule has 0 aromatic heterocycles. The second-order valence-corrected chi connectivity index (χ2v) is 12.0. The van der Waals surface area contributed by atoms with Crippen LogP contribution in [0.5, 0.6) is 0 Å².